The molecule has 0 N–H and O–H groups in total. The highest BCUT2D eigenvalue weighted by molar-refractivity contribution is 5.74. The molecule has 3 nitrogen and oxygen atoms in total. The first-order chi connectivity index (χ1) is 7.40. The quantitative estimate of drug-likeness (QED) is 0.710. The standard InChI is InChI=1S/C12H11N3/c13-8-2-1-5-11-7-6-10-4-3-9-14-12(10)15-11/h3-4,6-7,9H,1-2,5H2. The summed E-state index contributed by atoms with van der Waals surface area (Å²) in [6.45, 7) is 0. The summed E-state index contributed by atoms with van der Waals surface area (Å²) in [7, 11) is 0. The summed E-state index contributed by atoms with van der Waals surface area (Å²) in [6.07, 6.45) is 4.04. The molecular formula is C12H11N3. The van der Waals surface area contributed by atoms with Gasteiger partial charge in [0.1, 0.15) is 0 Å². The highest BCUT2D eigenvalue weighted by atomic mass is 14.8. The molecule has 0 amide bonds. The van der Waals surface area contributed by atoms with Crippen molar-refractivity contribution < 1.29 is 0 Å². The second kappa shape index (κ2) is 4.52. The Morgan fingerprint density at radius 2 is 2.20 bits per heavy atom. The monoisotopic (exact) mass is 197 g/mol. The Balaban J connectivity index is 2.20. The summed E-state index contributed by atoms with van der Waals surface area (Å²) >= 11 is 0. The van der Waals surface area contributed by atoms with Gasteiger partial charge in [-0.25, -0.2) is 9.97 Å². The molecule has 0 radical (unpaired) electrons. The van der Waals surface area contributed by atoms with E-state index in [1.54, 1.807) is 6.20 Å². The molecule has 0 spiro atoms. The van der Waals surface area contributed by atoms with Crippen molar-refractivity contribution in [2.75, 3.05) is 0 Å². The number of nitrogens with zero attached hydrogens (tertiary/aromatic N) is 3. The predicted molar refractivity (Wildman–Crippen MR) is 58.1 cm³/mol. The summed E-state index contributed by atoms with van der Waals surface area (Å²) in [5.41, 5.74) is 1.79. The van der Waals surface area contributed by atoms with Crippen LogP contribution in [0.3, 0.4) is 0 Å². The van der Waals surface area contributed by atoms with E-state index in [9.17, 15) is 0 Å². The van der Waals surface area contributed by atoms with Crippen LogP contribution in [0.25, 0.3) is 11.0 Å². The molecule has 0 aliphatic rings. The fraction of sp³-hybridized carbons (Fsp3) is 0.250. The zero-order valence-corrected chi connectivity index (χ0v) is 8.35. The van der Waals surface area contributed by atoms with Gasteiger partial charge < -0.3 is 0 Å². The molecule has 2 heterocycles. The molecule has 0 aliphatic heterocycles. The van der Waals surface area contributed by atoms with Crippen molar-refractivity contribution >= 4 is 11.0 Å². The van der Waals surface area contributed by atoms with Gasteiger partial charge in [-0.3, -0.25) is 0 Å². The first kappa shape index (κ1) is 9.60. The van der Waals surface area contributed by atoms with Crippen molar-refractivity contribution in [2.45, 2.75) is 19.3 Å². The van der Waals surface area contributed by atoms with Crippen LogP contribution in [-0.2, 0) is 6.42 Å². The summed E-state index contributed by atoms with van der Waals surface area (Å²) in [5.74, 6) is 0. The first-order valence-electron chi connectivity index (χ1n) is 4.98. The molecule has 0 saturated heterocycles. The Hall–Kier alpha value is -1.95. The Kier molecular flexibility index (Phi) is 2.89. The zero-order chi connectivity index (χ0) is 10.5. The SMILES string of the molecule is N#CCCCc1ccc2cccnc2n1. The summed E-state index contributed by atoms with van der Waals surface area (Å²) in [5, 5.41) is 9.49. The third-order valence-corrected chi connectivity index (χ3v) is 2.24. The van der Waals surface area contributed by atoms with Crippen LogP contribution in [0.1, 0.15) is 18.5 Å². The van der Waals surface area contributed by atoms with Crippen LogP contribution in [0.15, 0.2) is 30.5 Å². The number of hydrogen-bond donors (Lipinski definition) is 0. The number of nitriles is 1. The van der Waals surface area contributed by atoms with E-state index in [1.807, 2.05) is 24.3 Å². The van der Waals surface area contributed by atoms with E-state index < -0.39 is 0 Å². The minimum absolute atomic E-state index is 0.585. The van der Waals surface area contributed by atoms with Gasteiger partial charge in [0.15, 0.2) is 5.65 Å². The van der Waals surface area contributed by atoms with Crippen LogP contribution in [0, 0.1) is 11.3 Å². The minimum atomic E-state index is 0.585. The molecule has 15 heavy (non-hydrogen) atoms. The number of fused-ring (bicyclic) bond motifs is 1. The fourth-order valence-electron chi connectivity index (χ4n) is 1.48. The molecule has 2 aromatic rings. The highest BCUT2D eigenvalue weighted by Gasteiger charge is 1.98. The zero-order valence-electron chi connectivity index (χ0n) is 8.35. The smallest absolute Gasteiger partial charge is 0.159 e. The number of aryl methyl sites for hydroxylation is 1. The number of hydrogen-bond acceptors (Lipinski definition) is 3. The molecule has 0 fully saturated rings. The van der Waals surface area contributed by atoms with Crippen molar-refractivity contribution in [1.29, 1.82) is 5.26 Å². The lowest BCUT2D eigenvalue weighted by molar-refractivity contribution is 0.828. The molecule has 0 bridgehead atoms. The third-order valence-electron chi connectivity index (χ3n) is 2.24. The molecule has 3 heteroatoms. The van der Waals surface area contributed by atoms with Crippen molar-refractivity contribution in [3.63, 3.8) is 0 Å². The molecule has 2 rings (SSSR count). The maximum atomic E-state index is 8.43. The normalized spacial score (nSPS) is 10.1. The second-order valence-electron chi connectivity index (χ2n) is 3.36. The van der Waals surface area contributed by atoms with Crippen molar-refractivity contribution in [2.24, 2.45) is 0 Å². The minimum Gasteiger partial charge on any atom is -0.237 e. The summed E-state index contributed by atoms with van der Waals surface area (Å²) < 4.78 is 0. The van der Waals surface area contributed by atoms with Gasteiger partial charge in [0.25, 0.3) is 0 Å². The van der Waals surface area contributed by atoms with Gasteiger partial charge in [-0.2, -0.15) is 5.26 Å². The van der Waals surface area contributed by atoms with Gasteiger partial charge in [-0.1, -0.05) is 0 Å². The van der Waals surface area contributed by atoms with Crippen LogP contribution >= 0.6 is 0 Å². The van der Waals surface area contributed by atoms with Crippen LogP contribution in [0.5, 0.6) is 0 Å². The summed E-state index contributed by atoms with van der Waals surface area (Å²) in [6, 6.07) is 10.1. The fourth-order valence-corrected chi connectivity index (χ4v) is 1.48. The van der Waals surface area contributed by atoms with Crippen molar-refractivity contribution in [1.82, 2.24) is 9.97 Å². The average Bonchev–Trinajstić information content (AvgIpc) is 2.29. The number of rotatable bonds is 3. The molecule has 74 valence electrons. The van der Waals surface area contributed by atoms with E-state index in [0.717, 1.165) is 29.6 Å². The van der Waals surface area contributed by atoms with E-state index >= 15 is 0 Å². The molecule has 0 atom stereocenters. The maximum Gasteiger partial charge on any atom is 0.159 e. The van der Waals surface area contributed by atoms with Crippen LogP contribution in [0.4, 0.5) is 0 Å². The largest absolute Gasteiger partial charge is 0.237 e. The predicted octanol–water partition coefficient (Wildman–Crippen LogP) is 2.48. The van der Waals surface area contributed by atoms with Crippen LogP contribution in [-0.4, -0.2) is 9.97 Å². The van der Waals surface area contributed by atoms with Crippen LogP contribution < -0.4 is 0 Å². The lowest BCUT2D eigenvalue weighted by Gasteiger charge is -2.00. The van der Waals surface area contributed by atoms with Gasteiger partial charge in [0, 0.05) is 23.7 Å². The van der Waals surface area contributed by atoms with Crippen molar-refractivity contribution in [3.05, 3.63) is 36.2 Å². The Bertz CT molecular complexity index is 499. The molecule has 2 aromatic heterocycles. The van der Waals surface area contributed by atoms with E-state index in [-0.39, 0.29) is 0 Å². The highest BCUT2D eigenvalue weighted by Crippen LogP contribution is 2.10. The number of unbranched alkanes of at least 4 members (excludes halogenated alkanes) is 1. The van der Waals surface area contributed by atoms with Gasteiger partial charge >= 0.3 is 0 Å². The van der Waals surface area contributed by atoms with Gasteiger partial charge in [-0.05, 0) is 37.1 Å². The molecule has 0 saturated carbocycles. The van der Waals surface area contributed by atoms with E-state index in [4.69, 9.17) is 5.26 Å². The molecule has 0 unspecified atom stereocenters. The Morgan fingerprint density at radius 1 is 1.27 bits per heavy atom. The maximum absolute atomic E-state index is 8.43. The number of aromatic nitrogens is 2. The Morgan fingerprint density at radius 3 is 3.07 bits per heavy atom. The third kappa shape index (κ3) is 2.29. The van der Waals surface area contributed by atoms with Gasteiger partial charge in [-0.15, -0.1) is 0 Å². The van der Waals surface area contributed by atoms with Gasteiger partial charge in [0.05, 0.1) is 6.07 Å². The summed E-state index contributed by atoms with van der Waals surface area (Å²) in [4.78, 5) is 8.62. The van der Waals surface area contributed by atoms with Gasteiger partial charge in [0.2, 0.25) is 0 Å². The van der Waals surface area contributed by atoms with E-state index in [1.165, 1.54) is 0 Å². The molecule has 0 aliphatic carbocycles. The number of pyridine rings is 2. The molecule has 0 aromatic carbocycles. The first-order valence-corrected chi connectivity index (χ1v) is 4.98. The average molecular weight is 197 g/mol. The lowest BCUT2D eigenvalue weighted by atomic mass is 10.1. The molecular weight excluding hydrogens is 186 g/mol. The Labute approximate surface area is 88.4 Å². The van der Waals surface area contributed by atoms with E-state index in [0.29, 0.717) is 6.42 Å². The van der Waals surface area contributed by atoms with E-state index in [2.05, 4.69) is 16.0 Å². The van der Waals surface area contributed by atoms with Crippen LogP contribution in [0.2, 0.25) is 0 Å². The topological polar surface area (TPSA) is 49.6 Å². The van der Waals surface area contributed by atoms with Crippen molar-refractivity contribution in [3.8, 4) is 6.07 Å². The second-order valence-corrected chi connectivity index (χ2v) is 3.36. The lowest BCUT2D eigenvalue weighted by Crippen LogP contribution is -1.91.